The minimum Gasteiger partial charge on any atom is -0.367 e. The number of hydrogen-bond donors (Lipinski definition) is 1. The Hall–Kier alpha value is -1.76. The fraction of sp³-hybridized carbons (Fsp3) is 0.636. The van der Waals surface area contributed by atoms with Crippen molar-refractivity contribution in [3.05, 3.63) is 12.4 Å². The van der Waals surface area contributed by atoms with Crippen molar-refractivity contribution >= 4 is 11.5 Å². The second-order valence-corrected chi connectivity index (χ2v) is 4.55. The molecule has 0 spiro atoms. The summed E-state index contributed by atoms with van der Waals surface area (Å²) in [6.45, 7) is 5.44. The quantitative estimate of drug-likeness (QED) is 0.844. The molecule has 1 saturated heterocycles. The van der Waals surface area contributed by atoms with E-state index in [4.69, 9.17) is 0 Å². The van der Waals surface area contributed by atoms with Crippen LogP contribution >= 0.6 is 0 Å². The SMILES string of the molecule is CCN1CCCC1CNc1cncc2nnnn12. The molecule has 0 amide bonds. The fourth-order valence-electron chi connectivity index (χ4n) is 2.56. The van der Waals surface area contributed by atoms with Crippen LogP contribution in [-0.4, -0.2) is 55.6 Å². The van der Waals surface area contributed by atoms with Gasteiger partial charge in [0, 0.05) is 12.6 Å². The lowest BCUT2D eigenvalue weighted by Crippen LogP contribution is -2.35. The van der Waals surface area contributed by atoms with Crippen molar-refractivity contribution in [2.24, 2.45) is 0 Å². The van der Waals surface area contributed by atoms with E-state index >= 15 is 0 Å². The van der Waals surface area contributed by atoms with Gasteiger partial charge in [0.1, 0.15) is 5.82 Å². The number of hydrogen-bond acceptors (Lipinski definition) is 6. The monoisotopic (exact) mass is 247 g/mol. The first-order valence-electron chi connectivity index (χ1n) is 6.38. The predicted molar refractivity (Wildman–Crippen MR) is 67.3 cm³/mol. The molecule has 0 saturated carbocycles. The third kappa shape index (κ3) is 2.01. The highest BCUT2D eigenvalue weighted by Crippen LogP contribution is 2.17. The molecular formula is C11H17N7. The van der Waals surface area contributed by atoms with Crippen molar-refractivity contribution in [2.75, 3.05) is 25.0 Å². The van der Waals surface area contributed by atoms with E-state index in [9.17, 15) is 0 Å². The van der Waals surface area contributed by atoms with Gasteiger partial charge in [-0.25, -0.2) is 0 Å². The highest BCUT2D eigenvalue weighted by molar-refractivity contribution is 5.43. The lowest BCUT2D eigenvalue weighted by molar-refractivity contribution is 0.277. The average molecular weight is 247 g/mol. The van der Waals surface area contributed by atoms with Crippen LogP contribution < -0.4 is 5.32 Å². The van der Waals surface area contributed by atoms with Crippen molar-refractivity contribution in [3.63, 3.8) is 0 Å². The van der Waals surface area contributed by atoms with E-state index in [0.717, 1.165) is 18.9 Å². The van der Waals surface area contributed by atoms with Gasteiger partial charge in [-0.05, 0) is 36.4 Å². The largest absolute Gasteiger partial charge is 0.367 e. The summed E-state index contributed by atoms with van der Waals surface area (Å²) in [6, 6.07) is 0.599. The van der Waals surface area contributed by atoms with E-state index in [2.05, 4.69) is 37.6 Å². The summed E-state index contributed by atoms with van der Waals surface area (Å²) in [5, 5.41) is 14.9. The molecule has 2 aromatic heterocycles. The van der Waals surface area contributed by atoms with E-state index in [0.29, 0.717) is 11.7 Å². The molecule has 1 N–H and O–H groups in total. The van der Waals surface area contributed by atoms with Crippen LogP contribution in [0.5, 0.6) is 0 Å². The Kier molecular flexibility index (Phi) is 3.06. The van der Waals surface area contributed by atoms with Gasteiger partial charge < -0.3 is 5.32 Å². The molecule has 7 heteroatoms. The Morgan fingerprint density at radius 2 is 2.39 bits per heavy atom. The summed E-state index contributed by atoms with van der Waals surface area (Å²) in [5.41, 5.74) is 0.666. The molecule has 7 nitrogen and oxygen atoms in total. The highest BCUT2D eigenvalue weighted by Gasteiger charge is 2.22. The fourth-order valence-corrected chi connectivity index (χ4v) is 2.56. The van der Waals surface area contributed by atoms with Crippen LogP contribution in [-0.2, 0) is 0 Å². The summed E-state index contributed by atoms with van der Waals surface area (Å²) in [5.74, 6) is 0.848. The molecule has 0 bridgehead atoms. The second-order valence-electron chi connectivity index (χ2n) is 4.55. The van der Waals surface area contributed by atoms with Crippen LogP contribution in [0.15, 0.2) is 12.4 Å². The normalized spacial score (nSPS) is 20.6. The van der Waals surface area contributed by atoms with Crippen molar-refractivity contribution in [1.29, 1.82) is 0 Å². The Bertz CT molecular complexity index is 523. The zero-order valence-corrected chi connectivity index (χ0v) is 10.5. The number of nitrogens with zero attached hydrogens (tertiary/aromatic N) is 6. The van der Waals surface area contributed by atoms with Crippen LogP contribution in [0.25, 0.3) is 5.65 Å². The van der Waals surface area contributed by atoms with E-state index in [1.807, 2.05) is 0 Å². The number of anilines is 1. The predicted octanol–water partition coefficient (Wildman–Crippen LogP) is 0.415. The molecule has 1 aliphatic heterocycles. The van der Waals surface area contributed by atoms with Gasteiger partial charge in [-0.2, -0.15) is 4.52 Å². The molecule has 2 aromatic rings. The first-order chi connectivity index (χ1) is 8.88. The number of likely N-dealkylation sites (tertiary alicyclic amines) is 1. The van der Waals surface area contributed by atoms with Crippen molar-refractivity contribution in [3.8, 4) is 0 Å². The molecule has 0 radical (unpaired) electrons. The van der Waals surface area contributed by atoms with E-state index in [1.165, 1.54) is 19.4 Å². The molecule has 3 rings (SSSR count). The number of aromatic nitrogens is 5. The summed E-state index contributed by atoms with van der Waals surface area (Å²) >= 11 is 0. The Labute approximate surface area is 105 Å². The minimum atomic E-state index is 0.599. The third-order valence-corrected chi connectivity index (χ3v) is 3.53. The smallest absolute Gasteiger partial charge is 0.199 e. The average Bonchev–Trinajstić information content (AvgIpc) is 3.04. The molecule has 3 heterocycles. The Morgan fingerprint density at radius 1 is 1.44 bits per heavy atom. The summed E-state index contributed by atoms with van der Waals surface area (Å²) in [7, 11) is 0. The molecule has 18 heavy (non-hydrogen) atoms. The van der Waals surface area contributed by atoms with E-state index in [-0.39, 0.29) is 0 Å². The maximum atomic E-state index is 4.13. The first-order valence-corrected chi connectivity index (χ1v) is 6.38. The minimum absolute atomic E-state index is 0.599. The Balaban J connectivity index is 1.71. The summed E-state index contributed by atoms with van der Waals surface area (Å²) < 4.78 is 1.68. The molecule has 1 fully saturated rings. The molecule has 0 aliphatic carbocycles. The molecule has 1 atom stereocenters. The maximum absolute atomic E-state index is 4.13. The zero-order chi connectivity index (χ0) is 12.4. The number of likely N-dealkylation sites (N-methyl/N-ethyl adjacent to an activating group) is 1. The van der Waals surface area contributed by atoms with E-state index in [1.54, 1.807) is 16.9 Å². The van der Waals surface area contributed by atoms with Gasteiger partial charge in [-0.3, -0.25) is 9.88 Å². The van der Waals surface area contributed by atoms with Gasteiger partial charge in [0.05, 0.1) is 12.4 Å². The highest BCUT2D eigenvalue weighted by atomic mass is 15.5. The van der Waals surface area contributed by atoms with Crippen LogP contribution in [0.3, 0.4) is 0 Å². The lowest BCUT2D eigenvalue weighted by atomic mass is 10.2. The van der Waals surface area contributed by atoms with Gasteiger partial charge in [0.2, 0.25) is 0 Å². The van der Waals surface area contributed by atoms with Gasteiger partial charge in [-0.15, -0.1) is 5.10 Å². The third-order valence-electron chi connectivity index (χ3n) is 3.53. The van der Waals surface area contributed by atoms with Gasteiger partial charge >= 0.3 is 0 Å². The van der Waals surface area contributed by atoms with Gasteiger partial charge in [0.15, 0.2) is 5.65 Å². The van der Waals surface area contributed by atoms with Crippen LogP contribution in [0.1, 0.15) is 19.8 Å². The molecule has 96 valence electrons. The van der Waals surface area contributed by atoms with Crippen molar-refractivity contribution in [1.82, 2.24) is 29.9 Å². The topological polar surface area (TPSA) is 71.2 Å². The van der Waals surface area contributed by atoms with Crippen LogP contribution in [0.4, 0.5) is 5.82 Å². The van der Waals surface area contributed by atoms with Gasteiger partial charge in [-0.1, -0.05) is 6.92 Å². The Morgan fingerprint density at radius 3 is 3.28 bits per heavy atom. The standard InChI is InChI=1S/C11H17N7/c1-2-17-5-3-4-9(17)6-13-10-7-12-8-11-14-15-16-18(10)11/h7-9,13H,2-6H2,1H3. The summed E-state index contributed by atoms with van der Waals surface area (Å²) in [4.78, 5) is 6.63. The maximum Gasteiger partial charge on any atom is 0.199 e. The number of rotatable bonds is 4. The number of nitrogens with one attached hydrogen (secondary N) is 1. The molecule has 0 aromatic carbocycles. The van der Waals surface area contributed by atoms with E-state index < -0.39 is 0 Å². The molecule has 1 aliphatic rings. The second kappa shape index (κ2) is 4.85. The van der Waals surface area contributed by atoms with Crippen molar-refractivity contribution in [2.45, 2.75) is 25.8 Å². The van der Waals surface area contributed by atoms with Crippen LogP contribution in [0.2, 0.25) is 0 Å². The number of tetrazole rings is 1. The molecule has 1 unspecified atom stereocenters. The van der Waals surface area contributed by atoms with Crippen molar-refractivity contribution < 1.29 is 0 Å². The number of fused-ring (bicyclic) bond motifs is 1. The molecular weight excluding hydrogens is 230 g/mol. The first kappa shape index (κ1) is 11.3. The zero-order valence-electron chi connectivity index (χ0n) is 10.5. The van der Waals surface area contributed by atoms with Crippen LogP contribution in [0, 0.1) is 0 Å². The van der Waals surface area contributed by atoms with Gasteiger partial charge in [0.25, 0.3) is 0 Å². The lowest BCUT2D eigenvalue weighted by Gasteiger charge is -2.23. The summed E-state index contributed by atoms with van der Waals surface area (Å²) in [6.07, 6.45) is 5.95.